The van der Waals surface area contributed by atoms with E-state index < -0.39 is 29.8 Å². The average molecular weight is 432 g/mol. The molecule has 8 nitrogen and oxygen atoms in total. The third kappa shape index (κ3) is 3.90. The molecule has 3 aromatic rings. The minimum atomic E-state index is -1.05. The predicted octanol–water partition coefficient (Wildman–Crippen LogP) is 3.28. The molecule has 0 aliphatic carbocycles. The second-order valence-electron chi connectivity index (χ2n) is 7.32. The van der Waals surface area contributed by atoms with Crippen LogP contribution in [0.15, 0.2) is 71.3 Å². The molecule has 2 aromatic carbocycles. The van der Waals surface area contributed by atoms with E-state index in [1.165, 1.54) is 36.3 Å². The number of carbonyl (C=O) groups is 4. The van der Waals surface area contributed by atoms with E-state index in [2.05, 4.69) is 0 Å². The number of nitrogens with zero attached hydrogens (tertiary/aromatic N) is 2. The van der Waals surface area contributed by atoms with Crippen LogP contribution in [0.3, 0.4) is 0 Å². The Morgan fingerprint density at radius 1 is 1.00 bits per heavy atom. The van der Waals surface area contributed by atoms with Gasteiger partial charge in [0.25, 0.3) is 17.7 Å². The highest BCUT2D eigenvalue weighted by atomic mass is 16.5. The number of anilines is 1. The molecular weight excluding hydrogens is 412 g/mol. The Labute approximate surface area is 184 Å². The monoisotopic (exact) mass is 432 g/mol. The number of esters is 1. The van der Waals surface area contributed by atoms with Gasteiger partial charge in [0, 0.05) is 12.7 Å². The maximum Gasteiger partial charge on any atom is 0.338 e. The minimum Gasteiger partial charge on any atom is -0.467 e. The van der Waals surface area contributed by atoms with Crippen molar-refractivity contribution in [1.82, 2.24) is 4.90 Å². The SMILES string of the molecule is CC(OC(=O)c1ccc2c(c1)C(=O)N(Cc1ccco1)C2=O)C(=O)N(C)c1ccccc1. The number of hydrogen-bond donors (Lipinski definition) is 0. The molecule has 1 aliphatic heterocycles. The Morgan fingerprint density at radius 3 is 2.41 bits per heavy atom. The smallest absolute Gasteiger partial charge is 0.338 e. The highest BCUT2D eigenvalue weighted by Gasteiger charge is 2.37. The summed E-state index contributed by atoms with van der Waals surface area (Å²) in [4.78, 5) is 53.0. The Bertz CT molecular complexity index is 1190. The highest BCUT2D eigenvalue weighted by Crippen LogP contribution is 2.26. The normalized spacial score (nSPS) is 13.6. The number of furan rings is 1. The zero-order valence-corrected chi connectivity index (χ0v) is 17.5. The number of likely N-dealkylation sites (N-methyl/N-ethyl adjacent to an activating group) is 1. The lowest BCUT2D eigenvalue weighted by molar-refractivity contribution is -0.126. The summed E-state index contributed by atoms with van der Waals surface area (Å²) in [5.41, 5.74) is 1.05. The molecule has 4 rings (SSSR count). The first-order valence-corrected chi connectivity index (χ1v) is 9.93. The van der Waals surface area contributed by atoms with Crippen molar-refractivity contribution >= 4 is 29.4 Å². The molecule has 8 heteroatoms. The lowest BCUT2D eigenvalue weighted by atomic mass is 10.1. The van der Waals surface area contributed by atoms with Crippen molar-refractivity contribution in [3.63, 3.8) is 0 Å². The van der Waals surface area contributed by atoms with Crippen LogP contribution in [0.25, 0.3) is 0 Å². The lowest BCUT2D eigenvalue weighted by Gasteiger charge is -2.21. The Balaban J connectivity index is 1.47. The van der Waals surface area contributed by atoms with Crippen molar-refractivity contribution in [1.29, 1.82) is 0 Å². The lowest BCUT2D eigenvalue weighted by Crippen LogP contribution is -2.37. The molecule has 162 valence electrons. The molecule has 0 radical (unpaired) electrons. The van der Waals surface area contributed by atoms with Gasteiger partial charge in [0.1, 0.15) is 5.76 Å². The predicted molar refractivity (Wildman–Crippen MR) is 114 cm³/mol. The number of benzene rings is 2. The Morgan fingerprint density at radius 2 is 1.72 bits per heavy atom. The van der Waals surface area contributed by atoms with Crippen molar-refractivity contribution in [3.05, 3.63) is 89.4 Å². The van der Waals surface area contributed by atoms with Gasteiger partial charge in [-0.25, -0.2) is 4.79 Å². The largest absolute Gasteiger partial charge is 0.467 e. The van der Waals surface area contributed by atoms with Crippen LogP contribution in [0.4, 0.5) is 5.69 Å². The van der Waals surface area contributed by atoms with Crippen LogP contribution in [-0.4, -0.2) is 41.7 Å². The number of rotatable bonds is 6. The van der Waals surface area contributed by atoms with Gasteiger partial charge in [0.05, 0.1) is 29.5 Å². The molecular formula is C24H20N2O6. The highest BCUT2D eigenvalue weighted by molar-refractivity contribution is 6.21. The van der Waals surface area contributed by atoms with E-state index in [0.29, 0.717) is 11.4 Å². The minimum absolute atomic E-state index is 0.00349. The summed E-state index contributed by atoms with van der Waals surface area (Å²) in [5, 5.41) is 0. The maximum absolute atomic E-state index is 12.7. The first-order valence-electron chi connectivity index (χ1n) is 9.93. The fraction of sp³-hybridized carbons (Fsp3) is 0.167. The molecule has 0 saturated heterocycles. The van der Waals surface area contributed by atoms with Crippen molar-refractivity contribution in [2.75, 3.05) is 11.9 Å². The number of ether oxygens (including phenoxy) is 1. The molecule has 0 spiro atoms. The number of fused-ring (bicyclic) bond motifs is 1. The van der Waals surface area contributed by atoms with E-state index in [1.807, 2.05) is 6.07 Å². The summed E-state index contributed by atoms with van der Waals surface area (Å²) in [6.45, 7) is 1.48. The van der Waals surface area contributed by atoms with Gasteiger partial charge in [-0.2, -0.15) is 0 Å². The molecule has 0 bridgehead atoms. The van der Waals surface area contributed by atoms with E-state index in [1.54, 1.807) is 43.4 Å². The van der Waals surface area contributed by atoms with Crippen molar-refractivity contribution < 1.29 is 28.3 Å². The van der Waals surface area contributed by atoms with Crippen molar-refractivity contribution in [2.24, 2.45) is 0 Å². The van der Waals surface area contributed by atoms with Gasteiger partial charge >= 0.3 is 5.97 Å². The van der Waals surface area contributed by atoms with Crippen LogP contribution in [0.5, 0.6) is 0 Å². The Hall–Kier alpha value is -4.20. The second kappa shape index (κ2) is 8.50. The average Bonchev–Trinajstić information content (AvgIpc) is 3.41. The number of hydrogen-bond acceptors (Lipinski definition) is 6. The topological polar surface area (TPSA) is 97.1 Å². The van der Waals surface area contributed by atoms with Crippen LogP contribution in [0, 0.1) is 0 Å². The van der Waals surface area contributed by atoms with Crippen molar-refractivity contribution in [3.8, 4) is 0 Å². The zero-order valence-electron chi connectivity index (χ0n) is 17.5. The molecule has 1 atom stereocenters. The molecule has 0 fully saturated rings. The standard InChI is InChI=1S/C24H20N2O6/c1-15(21(27)25(2)17-7-4-3-5-8-17)32-24(30)16-10-11-19-20(13-16)23(29)26(22(19)28)14-18-9-6-12-31-18/h3-13,15H,14H2,1-2H3. The van der Waals surface area contributed by atoms with Crippen molar-refractivity contribution in [2.45, 2.75) is 19.6 Å². The first-order chi connectivity index (χ1) is 15.4. The fourth-order valence-corrected chi connectivity index (χ4v) is 3.45. The number of carbonyl (C=O) groups excluding carboxylic acids is 4. The molecule has 1 aliphatic rings. The molecule has 0 N–H and O–H groups in total. The summed E-state index contributed by atoms with van der Waals surface area (Å²) in [5.74, 6) is -1.69. The summed E-state index contributed by atoms with van der Waals surface area (Å²) < 4.78 is 10.5. The van der Waals surface area contributed by atoms with Gasteiger partial charge in [0.15, 0.2) is 6.10 Å². The zero-order chi connectivity index (χ0) is 22.8. The van der Waals surface area contributed by atoms with Gasteiger partial charge < -0.3 is 14.1 Å². The van der Waals surface area contributed by atoms with Gasteiger partial charge in [-0.05, 0) is 49.4 Å². The second-order valence-corrected chi connectivity index (χ2v) is 7.32. The maximum atomic E-state index is 12.7. The summed E-state index contributed by atoms with van der Waals surface area (Å²) in [6, 6.07) is 16.4. The molecule has 3 amide bonds. The summed E-state index contributed by atoms with van der Waals surface area (Å²) in [6.07, 6.45) is 0.410. The Kier molecular flexibility index (Phi) is 5.59. The molecule has 1 aromatic heterocycles. The molecule has 0 saturated carbocycles. The van der Waals surface area contributed by atoms with Crippen LogP contribution >= 0.6 is 0 Å². The van der Waals surface area contributed by atoms with E-state index in [-0.39, 0.29) is 23.2 Å². The summed E-state index contributed by atoms with van der Waals surface area (Å²) >= 11 is 0. The van der Waals surface area contributed by atoms with E-state index >= 15 is 0 Å². The number of imide groups is 1. The third-order valence-electron chi connectivity index (χ3n) is 5.21. The van der Waals surface area contributed by atoms with Crippen LogP contribution in [0.1, 0.15) is 43.8 Å². The first kappa shape index (κ1) is 21.0. The molecule has 32 heavy (non-hydrogen) atoms. The van der Waals surface area contributed by atoms with E-state index in [4.69, 9.17) is 9.15 Å². The van der Waals surface area contributed by atoms with Crippen LogP contribution in [0.2, 0.25) is 0 Å². The van der Waals surface area contributed by atoms with Gasteiger partial charge in [-0.1, -0.05) is 18.2 Å². The van der Waals surface area contributed by atoms with E-state index in [9.17, 15) is 19.2 Å². The van der Waals surface area contributed by atoms with Gasteiger partial charge in [0.2, 0.25) is 0 Å². The molecule has 2 heterocycles. The van der Waals surface area contributed by atoms with Gasteiger partial charge in [-0.15, -0.1) is 0 Å². The van der Waals surface area contributed by atoms with Gasteiger partial charge in [-0.3, -0.25) is 19.3 Å². The fourth-order valence-electron chi connectivity index (χ4n) is 3.45. The quantitative estimate of drug-likeness (QED) is 0.438. The number of amides is 3. The molecule has 1 unspecified atom stereocenters. The van der Waals surface area contributed by atoms with E-state index in [0.717, 1.165) is 4.90 Å². The number of para-hydroxylation sites is 1. The van der Waals surface area contributed by atoms with Crippen LogP contribution < -0.4 is 4.90 Å². The third-order valence-corrected chi connectivity index (χ3v) is 5.21. The summed E-state index contributed by atoms with van der Waals surface area (Å²) in [7, 11) is 1.59. The van der Waals surface area contributed by atoms with Crippen LogP contribution in [-0.2, 0) is 16.1 Å².